The van der Waals surface area contributed by atoms with Crippen LogP contribution in [-0.2, 0) is 14.3 Å². The van der Waals surface area contributed by atoms with Crippen LogP contribution in [0.3, 0.4) is 0 Å². The van der Waals surface area contributed by atoms with E-state index in [2.05, 4.69) is 0 Å². The van der Waals surface area contributed by atoms with Gasteiger partial charge in [-0.25, -0.2) is 0 Å². The molecular weight excluding hydrogens is 204 g/mol. The quantitative estimate of drug-likeness (QED) is 0.651. The molecule has 14 heavy (non-hydrogen) atoms. The number of carbonyl (C=O) groups is 2. The molecular formula is C10H11ClO3. The van der Waals surface area contributed by atoms with Gasteiger partial charge in [0.25, 0.3) is 0 Å². The fourth-order valence-corrected chi connectivity index (χ4v) is 2.41. The standard InChI is InChI=1S/C10H11ClO3/c1-2-14-8-4-5-7(11)3-6(8)10(13)9(5)12/h3,5-6,8H,2,4H2,1H3. The predicted molar refractivity (Wildman–Crippen MR) is 51.0 cm³/mol. The van der Waals surface area contributed by atoms with Gasteiger partial charge in [0.2, 0.25) is 11.6 Å². The van der Waals surface area contributed by atoms with Crippen molar-refractivity contribution in [3.8, 4) is 0 Å². The number of carbonyl (C=O) groups excluding carboxylic acids is 2. The van der Waals surface area contributed by atoms with Crippen molar-refractivity contribution in [2.45, 2.75) is 19.4 Å². The predicted octanol–water partition coefficient (Wildman–Crippen LogP) is 1.30. The summed E-state index contributed by atoms with van der Waals surface area (Å²) >= 11 is 5.87. The van der Waals surface area contributed by atoms with Crippen molar-refractivity contribution in [2.75, 3.05) is 6.61 Å². The number of hydrogen-bond donors (Lipinski definition) is 0. The number of fused-ring (bicyclic) bond motifs is 2. The lowest BCUT2D eigenvalue weighted by Crippen LogP contribution is -2.48. The van der Waals surface area contributed by atoms with Crippen LogP contribution in [0.5, 0.6) is 0 Å². The van der Waals surface area contributed by atoms with Gasteiger partial charge >= 0.3 is 0 Å². The molecule has 0 aliphatic heterocycles. The van der Waals surface area contributed by atoms with Crippen LogP contribution in [-0.4, -0.2) is 24.3 Å². The molecule has 0 radical (unpaired) electrons. The van der Waals surface area contributed by atoms with Gasteiger partial charge in [0.05, 0.1) is 17.9 Å². The molecule has 2 bridgehead atoms. The highest BCUT2D eigenvalue weighted by molar-refractivity contribution is 6.45. The molecule has 3 unspecified atom stereocenters. The molecule has 3 rings (SSSR count). The number of Topliss-reactive ketones (excluding diaryl/α,β-unsaturated/α-hetero) is 2. The van der Waals surface area contributed by atoms with E-state index in [9.17, 15) is 9.59 Å². The molecule has 0 aromatic heterocycles. The van der Waals surface area contributed by atoms with Gasteiger partial charge in [-0.3, -0.25) is 9.59 Å². The van der Waals surface area contributed by atoms with Gasteiger partial charge in [-0.1, -0.05) is 17.7 Å². The Morgan fingerprint density at radius 3 is 2.86 bits per heavy atom. The minimum absolute atomic E-state index is 0.155. The molecule has 1 fully saturated rings. The van der Waals surface area contributed by atoms with Crippen molar-refractivity contribution >= 4 is 23.2 Å². The van der Waals surface area contributed by atoms with E-state index in [1.165, 1.54) is 0 Å². The van der Waals surface area contributed by atoms with Crippen molar-refractivity contribution in [3.63, 3.8) is 0 Å². The summed E-state index contributed by atoms with van der Waals surface area (Å²) in [7, 11) is 0. The summed E-state index contributed by atoms with van der Waals surface area (Å²) in [5, 5.41) is 0.510. The van der Waals surface area contributed by atoms with Crippen LogP contribution in [0, 0.1) is 11.8 Å². The maximum atomic E-state index is 11.5. The van der Waals surface area contributed by atoms with Gasteiger partial charge in [0.15, 0.2) is 0 Å². The van der Waals surface area contributed by atoms with Gasteiger partial charge in [-0.15, -0.1) is 0 Å². The largest absolute Gasteiger partial charge is 0.377 e. The maximum absolute atomic E-state index is 11.5. The Labute approximate surface area is 87.1 Å². The van der Waals surface area contributed by atoms with E-state index in [0.29, 0.717) is 18.1 Å². The fourth-order valence-electron chi connectivity index (χ4n) is 2.09. The minimum atomic E-state index is -0.444. The topological polar surface area (TPSA) is 43.4 Å². The monoisotopic (exact) mass is 214 g/mol. The molecule has 0 saturated heterocycles. The number of hydrogen-bond acceptors (Lipinski definition) is 3. The number of rotatable bonds is 2. The van der Waals surface area contributed by atoms with E-state index in [0.717, 1.165) is 0 Å². The zero-order valence-corrected chi connectivity index (χ0v) is 8.58. The summed E-state index contributed by atoms with van der Waals surface area (Å²) in [4.78, 5) is 22.9. The summed E-state index contributed by atoms with van der Waals surface area (Å²) < 4.78 is 5.41. The van der Waals surface area contributed by atoms with Crippen molar-refractivity contribution in [1.29, 1.82) is 0 Å². The Morgan fingerprint density at radius 1 is 1.50 bits per heavy atom. The Hall–Kier alpha value is -0.670. The second-order valence-electron chi connectivity index (χ2n) is 3.59. The normalized spacial score (nSPS) is 36.1. The summed E-state index contributed by atoms with van der Waals surface area (Å²) in [6.07, 6.45) is 2.07. The van der Waals surface area contributed by atoms with E-state index in [1.807, 2.05) is 6.92 Å². The fraction of sp³-hybridized carbons (Fsp3) is 0.600. The smallest absolute Gasteiger partial charge is 0.208 e. The average Bonchev–Trinajstić information content (AvgIpc) is 2.16. The molecule has 1 saturated carbocycles. The third-order valence-electron chi connectivity index (χ3n) is 2.78. The molecule has 0 aromatic carbocycles. The van der Waals surface area contributed by atoms with Crippen molar-refractivity contribution in [2.24, 2.45) is 11.8 Å². The lowest BCUT2D eigenvalue weighted by Gasteiger charge is -2.36. The first-order valence-corrected chi connectivity index (χ1v) is 5.09. The highest BCUT2D eigenvalue weighted by atomic mass is 35.5. The Bertz CT molecular complexity index is 321. The van der Waals surface area contributed by atoms with Crippen molar-refractivity contribution in [1.82, 2.24) is 0 Å². The van der Waals surface area contributed by atoms with Crippen molar-refractivity contribution < 1.29 is 14.3 Å². The molecule has 3 aliphatic carbocycles. The van der Waals surface area contributed by atoms with E-state index in [-0.39, 0.29) is 17.7 Å². The van der Waals surface area contributed by atoms with E-state index in [1.54, 1.807) is 6.08 Å². The Kier molecular flexibility index (Phi) is 2.45. The van der Waals surface area contributed by atoms with Gasteiger partial charge in [-0.2, -0.15) is 0 Å². The van der Waals surface area contributed by atoms with Gasteiger partial charge in [-0.05, 0) is 13.3 Å². The third kappa shape index (κ3) is 1.31. The SMILES string of the molecule is CCOC1CC2C(=O)C(=O)C1C=C2Cl. The minimum Gasteiger partial charge on any atom is -0.377 e. The highest BCUT2D eigenvalue weighted by Gasteiger charge is 2.47. The third-order valence-corrected chi connectivity index (χ3v) is 3.17. The molecule has 3 aliphatic rings. The van der Waals surface area contributed by atoms with Crippen LogP contribution >= 0.6 is 11.6 Å². The number of ether oxygens (including phenoxy) is 1. The maximum Gasteiger partial charge on any atom is 0.208 e. The molecule has 0 heterocycles. The first-order chi connectivity index (χ1) is 6.65. The van der Waals surface area contributed by atoms with E-state index in [4.69, 9.17) is 16.3 Å². The average molecular weight is 215 g/mol. The van der Waals surface area contributed by atoms with E-state index >= 15 is 0 Å². The van der Waals surface area contributed by atoms with Crippen LogP contribution in [0.15, 0.2) is 11.1 Å². The summed E-state index contributed by atoms with van der Waals surface area (Å²) in [5.41, 5.74) is 0. The van der Waals surface area contributed by atoms with Crippen LogP contribution < -0.4 is 0 Å². The van der Waals surface area contributed by atoms with Gasteiger partial charge in [0, 0.05) is 11.6 Å². The Balaban J connectivity index is 2.28. The summed E-state index contributed by atoms with van der Waals surface area (Å²) in [6, 6.07) is 0. The summed E-state index contributed by atoms with van der Waals surface area (Å²) in [6.45, 7) is 2.43. The van der Waals surface area contributed by atoms with Crippen LogP contribution in [0.25, 0.3) is 0 Å². The Morgan fingerprint density at radius 2 is 2.21 bits per heavy atom. The molecule has 0 aromatic rings. The van der Waals surface area contributed by atoms with Gasteiger partial charge in [0.1, 0.15) is 0 Å². The molecule has 0 N–H and O–H groups in total. The lowest BCUT2D eigenvalue weighted by atomic mass is 9.72. The molecule has 0 spiro atoms. The second kappa shape index (κ2) is 3.48. The molecule has 0 amide bonds. The zero-order chi connectivity index (χ0) is 10.3. The zero-order valence-electron chi connectivity index (χ0n) is 7.83. The van der Waals surface area contributed by atoms with Crippen molar-refractivity contribution in [3.05, 3.63) is 11.1 Å². The van der Waals surface area contributed by atoms with Gasteiger partial charge < -0.3 is 4.74 Å². The van der Waals surface area contributed by atoms with E-state index < -0.39 is 11.8 Å². The number of halogens is 1. The molecule has 76 valence electrons. The number of ketones is 2. The molecule has 3 nitrogen and oxygen atoms in total. The number of allylic oxidation sites excluding steroid dienone is 1. The van der Waals surface area contributed by atoms with Crippen LogP contribution in [0.2, 0.25) is 0 Å². The lowest BCUT2D eigenvalue weighted by molar-refractivity contribution is -0.148. The second-order valence-corrected chi connectivity index (χ2v) is 4.02. The first kappa shape index (κ1) is 9.87. The molecule has 3 atom stereocenters. The van der Waals surface area contributed by atoms with Crippen LogP contribution in [0.1, 0.15) is 13.3 Å². The van der Waals surface area contributed by atoms with Crippen LogP contribution in [0.4, 0.5) is 0 Å². The molecule has 4 heteroatoms. The highest BCUT2D eigenvalue weighted by Crippen LogP contribution is 2.39. The summed E-state index contributed by atoms with van der Waals surface area (Å²) in [5.74, 6) is -1.58. The first-order valence-electron chi connectivity index (χ1n) is 4.72.